The first-order chi connectivity index (χ1) is 16.3. The van der Waals surface area contributed by atoms with E-state index >= 15 is 0 Å². The normalized spacial score (nSPS) is 15.3. The van der Waals surface area contributed by atoms with Crippen LogP contribution in [0.1, 0.15) is 11.1 Å². The SMILES string of the molecule is COc1cc(/C=C/C(=O)NCc2ccc(S(=O)(=O)N3CCN(C)CC3)cc2)cc(OC)c1OC. The molecule has 10 heteroatoms. The highest BCUT2D eigenvalue weighted by molar-refractivity contribution is 7.89. The molecule has 1 aliphatic rings. The van der Waals surface area contributed by atoms with Crippen molar-refractivity contribution in [3.05, 3.63) is 53.6 Å². The zero-order chi connectivity index (χ0) is 24.7. The molecule has 0 aliphatic carbocycles. The van der Waals surface area contributed by atoms with E-state index in [1.165, 1.54) is 31.7 Å². The number of methoxy groups -OCH3 is 3. The van der Waals surface area contributed by atoms with Crippen LogP contribution in [0.2, 0.25) is 0 Å². The van der Waals surface area contributed by atoms with Crippen molar-refractivity contribution in [2.24, 2.45) is 0 Å². The van der Waals surface area contributed by atoms with Gasteiger partial charge in [-0.05, 0) is 48.5 Å². The number of ether oxygens (including phenoxy) is 3. The third-order valence-corrected chi connectivity index (χ3v) is 7.52. The topological polar surface area (TPSA) is 97.4 Å². The molecular formula is C24H31N3O6S. The smallest absolute Gasteiger partial charge is 0.244 e. The van der Waals surface area contributed by atoms with E-state index in [0.717, 1.165) is 5.56 Å². The van der Waals surface area contributed by atoms with Gasteiger partial charge < -0.3 is 24.4 Å². The average molecular weight is 490 g/mol. The quantitative estimate of drug-likeness (QED) is 0.538. The molecule has 1 N–H and O–H groups in total. The van der Waals surface area contributed by atoms with Crippen LogP contribution in [-0.4, -0.2) is 78.1 Å². The molecule has 3 rings (SSSR count). The summed E-state index contributed by atoms with van der Waals surface area (Å²) in [5.41, 5.74) is 1.51. The summed E-state index contributed by atoms with van der Waals surface area (Å²) in [5, 5.41) is 2.80. The van der Waals surface area contributed by atoms with Crippen LogP contribution in [0.25, 0.3) is 6.08 Å². The summed E-state index contributed by atoms with van der Waals surface area (Å²) in [4.78, 5) is 14.7. The molecule has 1 fully saturated rings. The second kappa shape index (κ2) is 11.4. The molecule has 2 aromatic rings. The van der Waals surface area contributed by atoms with E-state index in [1.54, 1.807) is 42.5 Å². The Labute approximate surface area is 201 Å². The number of nitrogens with one attached hydrogen (secondary N) is 1. The number of amides is 1. The van der Waals surface area contributed by atoms with Gasteiger partial charge in [0.05, 0.1) is 26.2 Å². The van der Waals surface area contributed by atoms with Crippen LogP contribution in [0.3, 0.4) is 0 Å². The number of sulfonamides is 1. The molecule has 0 unspecified atom stereocenters. The van der Waals surface area contributed by atoms with Gasteiger partial charge in [0.2, 0.25) is 21.7 Å². The van der Waals surface area contributed by atoms with E-state index in [0.29, 0.717) is 49.0 Å². The second-order valence-corrected chi connectivity index (χ2v) is 9.80. The Kier molecular flexibility index (Phi) is 8.54. The van der Waals surface area contributed by atoms with Gasteiger partial charge in [-0.1, -0.05) is 12.1 Å². The largest absolute Gasteiger partial charge is 0.493 e. The highest BCUT2D eigenvalue weighted by atomic mass is 32.2. The lowest BCUT2D eigenvalue weighted by Gasteiger charge is -2.31. The van der Waals surface area contributed by atoms with Crippen molar-refractivity contribution in [1.29, 1.82) is 0 Å². The average Bonchev–Trinajstić information content (AvgIpc) is 2.85. The molecule has 1 aliphatic heterocycles. The van der Waals surface area contributed by atoms with Crippen molar-refractivity contribution in [3.8, 4) is 17.2 Å². The van der Waals surface area contributed by atoms with Gasteiger partial charge in [0.25, 0.3) is 0 Å². The number of carbonyl (C=O) groups is 1. The fourth-order valence-electron chi connectivity index (χ4n) is 3.57. The standard InChI is InChI=1S/C24H31N3O6S/c1-26-11-13-27(14-12-26)34(29,30)20-8-5-18(6-9-20)17-25-23(28)10-7-19-15-21(31-2)24(33-4)22(16-19)32-3/h5-10,15-16H,11-14,17H2,1-4H3,(H,25,28)/b10-7+. The van der Waals surface area contributed by atoms with Crippen LogP contribution >= 0.6 is 0 Å². The van der Waals surface area contributed by atoms with E-state index in [-0.39, 0.29) is 17.3 Å². The zero-order valence-corrected chi connectivity index (χ0v) is 20.7. The van der Waals surface area contributed by atoms with Gasteiger partial charge in [-0.2, -0.15) is 4.31 Å². The maximum absolute atomic E-state index is 12.8. The maximum atomic E-state index is 12.8. The zero-order valence-electron chi connectivity index (χ0n) is 19.9. The first-order valence-corrected chi connectivity index (χ1v) is 12.3. The lowest BCUT2D eigenvalue weighted by molar-refractivity contribution is -0.116. The molecule has 34 heavy (non-hydrogen) atoms. The van der Waals surface area contributed by atoms with Gasteiger partial charge in [0.1, 0.15) is 0 Å². The monoisotopic (exact) mass is 489 g/mol. The summed E-state index contributed by atoms with van der Waals surface area (Å²) < 4.78 is 43.1. The van der Waals surface area contributed by atoms with Crippen LogP contribution in [-0.2, 0) is 21.4 Å². The predicted molar refractivity (Wildman–Crippen MR) is 130 cm³/mol. The molecule has 1 heterocycles. The Hall–Kier alpha value is -3.08. The van der Waals surface area contributed by atoms with E-state index < -0.39 is 10.0 Å². The summed E-state index contributed by atoms with van der Waals surface area (Å²) in [6.07, 6.45) is 3.05. The van der Waals surface area contributed by atoms with Crippen molar-refractivity contribution >= 4 is 22.0 Å². The van der Waals surface area contributed by atoms with E-state index in [1.807, 2.05) is 7.05 Å². The summed E-state index contributed by atoms with van der Waals surface area (Å²) in [6, 6.07) is 10.1. The van der Waals surface area contributed by atoms with E-state index in [9.17, 15) is 13.2 Å². The molecule has 0 saturated carbocycles. The molecule has 1 saturated heterocycles. The Balaban J connectivity index is 1.60. The number of nitrogens with zero attached hydrogens (tertiary/aromatic N) is 2. The lowest BCUT2D eigenvalue weighted by atomic mass is 10.1. The number of rotatable bonds is 9. The minimum Gasteiger partial charge on any atom is -0.493 e. The van der Waals surface area contributed by atoms with Crippen LogP contribution in [0, 0.1) is 0 Å². The van der Waals surface area contributed by atoms with Crippen LogP contribution < -0.4 is 19.5 Å². The molecule has 0 aromatic heterocycles. The molecule has 9 nitrogen and oxygen atoms in total. The van der Waals surface area contributed by atoms with Gasteiger partial charge in [-0.25, -0.2) is 8.42 Å². The minimum absolute atomic E-state index is 0.259. The third kappa shape index (κ3) is 6.07. The Morgan fingerprint density at radius 2 is 1.56 bits per heavy atom. The third-order valence-electron chi connectivity index (χ3n) is 5.60. The van der Waals surface area contributed by atoms with Gasteiger partial charge in [-0.15, -0.1) is 0 Å². The molecule has 1 amide bonds. The summed E-state index contributed by atoms with van der Waals surface area (Å²) in [5.74, 6) is 1.18. The summed E-state index contributed by atoms with van der Waals surface area (Å²) in [7, 11) is 3.05. The van der Waals surface area contributed by atoms with Crippen molar-refractivity contribution in [2.75, 3.05) is 54.6 Å². The lowest BCUT2D eigenvalue weighted by Crippen LogP contribution is -2.46. The molecule has 184 valence electrons. The first-order valence-electron chi connectivity index (χ1n) is 10.8. The number of hydrogen-bond acceptors (Lipinski definition) is 7. The molecule has 0 radical (unpaired) electrons. The Morgan fingerprint density at radius 3 is 2.09 bits per heavy atom. The summed E-state index contributed by atoms with van der Waals surface area (Å²) >= 11 is 0. The highest BCUT2D eigenvalue weighted by Crippen LogP contribution is 2.38. The van der Waals surface area contributed by atoms with Gasteiger partial charge >= 0.3 is 0 Å². The van der Waals surface area contributed by atoms with Crippen molar-refractivity contribution in [1.82, 2.24) is 14.5 Å². The maximum Gasteiger partial charge on any atom is 0.244 e. The van der Waals surface area contributed by atoms with Crippen molar-refractivity contribution in [3.63, 3.8) is 0 Å². The fraction of sp³-hybridized carbons (Fsp3) is 0.375. The minimum atomic E-state index is -3.51. The highest BCUT2D eigenvalue weighted by Gasteiger charge is 2.27. The Bertz CT molecular complexity index is 1100. The van der Waals surface area contributed by atoms with Gasteiger partial charge in [0.15, 0.2) is 11.5 Å². The molecular weight excluding hydrogens is 458 g/mol. The van der Waals surface area contributed by atoms with Crippen LogP contribution in [0.5, 0.6) is 17.2 Å². The number of likely N-dealkylation sites (N-methyl/N-ethyl adjacent to an activating group) is 1. The van der Waals surface area contributed by atoms with E-state index in [2.05, 4.69) is 10.2 Å². The summed E-state index contributed by atoms with van der Waals surface area (Å²) in [6.45, 7) is 2.66. The first kappa shape index (κ1) is 25.5. The molecule has 0 bridgehead atoms. The van der Waals surface area contributed by atoms with Crippen LogP contribution in [0.4, 0.5) is 0 Å². The van der Waals surface area contributed by atoms with E-state index in [4.69, 9.17) is 14.2 Å². The number of benzene rings is 2. The number of carbonyl (C=O) groups excluding carboxylic acids is 1. The predicted octanol–water partition coefficient (Wildman–Crippen LogP) is 1.98. The fourth-order valence-corrected chi connectivity index (χ4v) is 5.00. The number of piperazine rings is 1. The van der Waals surface area contributed by atoms with Gasteiger partial charge in [0, 0.05) is 38.8 Å². The Morgan fingerprint density at radius 1 is 0.971 bits per heavy atom. The van der Waals surface area contributed by atoms with Gasteiger partial charge in [-0.3, -0.25) is 4.79 Å². The molecule has 0 spiro atoms. The molecule has 2 aromatic carbocycles. The second-order valence-electron chi connectivity index (χ2n) is 7.86. The van der Waals surface area contributed by atoms with Crippen LogP contribution in [0.15, 0.2) is 47.4 Å². The number of hydrogen-bond donors (Lipinski definition) is 1. The van der Waals surface area contributed by atoms with Crippen molar-refractivity contribution < 1.29 is 27.4 Å². The van der Waals surface area contributed by atoms with Crippen molar-refractivity contribution in [2.45, 2.75) is 11.4 Å². The molecule has 0 atom stereocenters.